The fraction of sp³-hybridized carbons (Fsp3) is 0.722. The lowest BCUT2D eigenvalue weighted by molar-refractivity contribution is -0.130. The number of nitrogens with zero attached hydrogens (tertiary/aromatic N) is 2. The Balaban J connectivity index is 2.01. The first kappa shape index (κ1) is 21.1. The van der Waals surface area contributed by atoms with Gasteiger partial charge in [-0.1, -0.05) is 20.8 Å². The first-order valence-corrected chi connectivity index (χ1v) is 12.9. The largest absolute Gasteiger partial charge is 0.461 e. The van der Waals surface area contributed by atoms with E-state index in [0.717, 1.165) is 11.4 Å². The lowest BCUT2D eigenvalue weighted by Crippen LogP contribution is -2.45. The third-order valence-corrected chi connectivity index (χ3v) is 10.6. The highest BCUT2D eigenvalue weighted by Gasteiger charge is 2.39. The smallest absolute Gasteiger partial charge is 0.357 e. The number of aromatic nitrogens is 1. The van der Waals surface area contributed by atoms with Crippen LogP contribution in [0.25, 0.3) is 0 Å². The average Bonchev–Trinajstić information content (AvgIpc) is 3.13. The average molecular weight is 399 g/mol. The molecule has 26 heavy (non-hydrogen) atoms. The van der Waals surface area contributed by atoms with Crippen LogP contribution in [0, 0.1) is 0 Å². The standard InChI is InChI=1S/C18H30N2O4SSi/c1-7-23-17(22)14-12-25-15(19-14)10-20-13(8-9-16(20)21)11-24-26(5,6)18(2,3)4/h12-13H,7-11H2,1-6H3/t13-/m1/s1. The van der Waals surface area contributed by atoms with Crippen molar-refractivity contribution in [3.63, 3.8) is 0 Å². The van der Waals surface area contributed by atoms with E-state index in [0.29, 0.717) is 31.9 Å². The molecule has 1 aliphatic rings. The molecule has 1 amide bonds. The van der Waals surface area contributed by atoms with Gasteiger partial charge in [-0.3, -0.25) is 4.79 Å². The van der Waals surface area contributed by atoms with Crippen molar-refractivity contribution in [1.29, 1.82) is 0 Å². The molecule has 0 aliphatic carbocycles. The second-order valence-corrected chi connectivity index (χ2v) is 13.9. The summed E-state index contributed by atoms with van der Waals surface area (Å²) in [6.45, 7) is 14.2. The Morgan fingerprint density at radius 1 is 1.42 bits per heavy atom. The summed E-state index contributed by atoms with van der Waals surface area (Å²) in [7, 11) is -1.85. The van der Waals surface area contributed by atoms with Crippen molar-refractivity contribution in [1.82, 2.24) is 9.88 Å². The number of ether oxygens (including phenoxy) is 1. The van der Waals surface area contributed by atoms with Gasteiger partial charge in [-0.25, -0.2) is 9.78 Å². The summed E-state index contributed by atoms with van der Waals surface area (Å²) in [6.07, 6.45) is 1.35. The minimum Gasteiger partial charge on any atom is -0.461 e. The summed E-state index contributed by atoms with van der Waals surface area (Å²) in [5.74, 6) is -0.290. The Morgan fingerprint density at radius 3 is 2.73 bits per heavy atom. The number of carbonyl (C=O) groups excluding carboxylic acids is 2. The zero-order chi connectivity index (χ0) is 19.5. The zero-order valence-corrected chi connectivity index (χ0v) is 18.4. The number of hydrogen-bond donors (Lipinski definition) is 0. The SMILES string of the molecule is CCOC(=O)c1csc(CN2C(=O)CC[C@@H]2CO[Si](C)(C)C(C)(C)C)n1. The van der Waals surface area contributed by atoms with Gasteiger partial charge in [-0.2, -0.15) is 0 Å². The molecular weight excluding hydrogens is 368 g/mol. The van der Waals surface area contributed by atoms with Crippen LogP contribution in [0.15, 0.2) is 5.38 Å². The second kappa shape index (κ2) is 8.18. The van der Waals surface area contributed by atoms with Crippen molar-refractivity contribution < 1.29 is 18.8 Å². The van der Waals surface area contributed by atoms with E-state index < -0.39 is 14.3 Å². The minimum atomic E-state index is -1.85. The Kier molecular flexibility index (Phi) is 6.63. The Labute approximate surface area is 161 Å². The number of esters is 1. The molecule has 0 aromatic carbocycles. The molecule has 1 aliphatic heterocycles. The number of likely N-dealkylation sites (tertiary alicyclic amines) is 1. The van der Waals surface area contributed by atoms with Crippen molar-refractivity contribution in [2.45, 2.75) is 71.3 Å². The van der Waals surface area contributed by atoms with E-state index in [9.17, 15) is 9.59 Å². The molecule has 146 valence electrons. The van der Waals surface area contributed by atoms with Crippen LogP contribution in [0.4, 0.5) is 0 Å². The first-order valence-electron chi connectivity index (χ1n) is 9.10. The highest BCUT2D eigenvalue weighted by molar-refractivity contribution is 7.09. The lowest BCUT2D eigenvalue weighted by Gasteiger charge is -2.38. The predicted molar refractivity (Wildman–Crippen MR) is 105 cm³/mol. The maximum atomic E-state index is 12.3. The molecular formula is C18H30N2O4SSi. The molecule has 0 unspecified atom stereocenters. The van der Waals surface area contributed by atoms with Gasteiger partial charge >= 0.3 is 5.97 Å². The zero-order valence-electron chi connectivity index (χ0n) is 16.6. The minimum absolute atomic E-state index is 0.0755. The van der Waals surface area contributed by atoms with Crippen LogP contribution in [0.1, 0.15) is 56.0 Å². The monoisotopic (exact) mass is 398 g/mol. The molecule has 1 aromatic heterocycles. The van der Waals surface area contributed by atoms with E-state index in [1.165, 1.54) is 11.3 Å². The van der Waals surface area contributed by atoms with Gasteiger partial charge in [0.05, 0.1) is 25.8 Å². The van der Waals surface area contributed by atoms with Gasteiger partial charge in [0.2, 0.25) is 5.91 Å². The summed E-state index contributed by atoms with van der Waals surface area (Å²) in [5, 5.41) is 2.58. The van der Waals surface area contributed by atoms with Gasteiger partial charge < -0.3 is 14.1 Å². The molecule has 1 atom stereocenters. The van der Waals surface area contributed by atoms with Crippen molar-refractivity contribution in [2.24, 2.45) is 0 Å². The van der Waals surface area contributed by atoms with Gasteiger partial charge in [0.1, 0.15) is 5.01 Å². The molecule has 2 heterocycles. The quantitative estimate of drug-likeness (QED) is 0.516. The van der Waals surface area contributed by atoms with E-state index in [-0.39, 0.29) is 17.0 Å². The summed E-state index contributed by atoms with van der Waals surface area (Å²) in [4.78, 5) is 30.3. The van der Waals surface area contributed by atoms with Gasteiger partial charge in [0.25, 0.3) is 0 Å². The number of amides is 1. The van der Waals surface area contributed by atoms with Gasteiger partial charge in [0, 0.05) is 11.8 Å². The Bertz CT molecular complexity index is 654. The highest BCUT2D eigenvalue weighted by Crippen LogP contribution is 2.37. The van der Waals surface area contributed by atoms with Crippen molar-refractivity contribution in [3.8, 4) is 0 Å². The van der Waals surface area contributed by atoms with Crippen LogP contribution in [0.3, 0.4) is 0 Å². The van der Waals surface area contributed by atoms with Crippen LogP contribution in [0.2, 0.25) is 18.1 Å². The Hall–Kier alpha value is -1.25. The molecule has 0 N–H and O–H groups in total. The molecule has 0 spiro atoms. The van der Waals surface area contributed by atoms with Crippen molar-refractivity contribution in [3.05, 3.63) is 16.1 Å². The van der Waals surface area contributed by atoms with Gasteiger partial charge in [-0.05, 0) is 31.5 Å². The van der Waals surface area contributed by atoms with Crippen LogP contribution in [-0.2, 0) is 20.5 Å². The van der Waals surface area contributed by atoms with E-state index in [1.54, 1.807) is 12.3 Å². The summed E-state index contributed by atoms with van der Waals surface area (Å²) in [5.41, 5.74) is 0.313. The fourth-order valence-electron chi connectivity index (χ4n) is 2.53. The normalized spacial score (nSPS) is 18.5. The predicted octanol–water partition coefficient (Wildman–Crippen LogP) is 3.83. The molecule has 6 nitrogen and oxygen atoms in total. The van der Waals surface area contributed by atoms with Crippen molar-refractivity contribution >= 4 is 31.5 Å². The van der Waals surface area contributed by atoms with Crippen molar-refractivity contribution in [2.75, 3.05) is 13.2 Å². The number of rotatable bonds is 7. The fourth-order valence-corrected chi connectivity index (χ4v) is 4.34. The molecule has 0 saturated carbocycles. The molecule has 0 bridgehead atoms. The maximum Gasteiger partial charge on any atom is 0.357 e. The number of thiazole rings is 1. The summed E-state index contributed by atoms with van der Waals surface area (Å²) < 4.78 is 11.3. The molecule has 1 fully saturated rings. The van der Waals surface area contributed by atoms with E-state index >= 15 is 0 Å². The number of carbonyl (C=O) groups is 2. The van der Waals surface area contributed by atoms with E-state index in [4.69, 9.17) is 9.16 Å². The van der Waals surface area contributed by atoms with Gasteiger partial charge in [-0.15, -0.1) is 11.3 Å². The second-order valence-electron chi connectivity index (χ2n) is 8.13. The van der Waals surface area contributed by atoms with Gasteiger partial charge in [0.15, 0.2) is 14.0 Å². The third-order valence-electron chi connectivity index (χ3n) is 5.24. The Morgan fingerprint density at radius 2 is 2.12 bits per heavy atom. The molecule has 2 rings (SSSR count). The van der Waals surface area contributed by atoms with E-state index in [1.807, 2.05) is 4.90 Å². The van der Waals surface area contributed by atoms with Crippen LogP contribution in [-0.4, -0.2) is 49.3 Å². The first-order chi connectivity index (χ1) is 12.0. The lowest BCUT2D eigenvalue weighted by atomic mass is 10.2. The summed E-state index contributed by atoms with van der Waals surface area (Å²) >= 11 is 1.38. The molecule has 1 aromatic rings. The highest BCUT2D eigenvalue weighted by atomic mass is 32.1. The third kappa shape index (κ3) is 4.92. The van der Waals surface area contributed by atoms with Crippen LogP contribution >= 0.6 is 11.3 Å². The number of hydrogen-bond acceptors (Lipinski definition) is 6. The van der Waals surface area contributed by atoms with Crippen LogP contribution < -0.4 is 0 Å². The molecule has 0 radical (unpaired) electrons. The maximum absolute atomic E-state index is 12.3. The topological polar surface area (TPSA) is 68.7 Å². The molecule has 8 heteroatoms. The molecule has 1 saturated heterocycles. The van der Waals surface area contributed by atoms with Crippen LogP contribution in [0.5, 0.6) is 0 Å². The summed E-state index contributed by atoms with van der Waals surface area (Å²) in [6, 6.07) is 0.0755. The van der Waals surface area contributed by atoms with E-state index in [2.05, 4.69) is 38.8 Å².